The highest BCUT2D eigenvalue weighted by atomic mass is 32.1. The molecule has 1 aliphatic carbocycles. The van der Waals surface area contributed by atoms with Crippen molar-refractivity contribution in [1.82, 2.24) is 19.3 Å². The molecular formula is C14H22N4OS. The molecule has 0 spiro atoms. The second kappa shape index (κ2) is 5.69. The topological polar surface area (TPSA) is 47.8 Å². The number of aromatic amines is 1. The Balaban J connectivity index is 1.68. The van der Waals surface area contributed by atoms with Crippen LogP contribution < -0.4 is 0 Å². The van der Waals surface area contributed by atoms with Gasteiger partial charge in [0, 0.05) is 26.8 Å². The van der Waals surface area contributed by atoms with Gasteiger partial charge in [-0.2, -0.15) is 5.10 Å². The molecule has 5 nitrogen and oxygen atoms in total. The first kappa shape index (κ1) is 13.8. The molecule has 0 unspecified atom stereocenters. The molecule has 0 radical (unpaired) electrons. The Bertz CT molecular complexity index is 650. The van der Waals surface area contributed by atoms with Gasteiger partial charge in [0.15, 0.2) is 10.4 Å². The zero-order valence-electron chi connectivity index (χ0n) is 12.2. The Morgan fingerprint density at radius 3 is 2.95 bits per heavy atom. The molecule has 0 aliphatic heterocycles. The number of aromatic nitrogens is 4. The molecule has 0 amide bonds. The van der Waals surface area contributed by atoms with E-state index in [2.05, 4.69) is 21.6 Å². The summed E-state index contributed by atoms with van der Waals surface area (Å²) in [5.74, 6) is 0.834. The zero-order chi connectivity index (χ0) is 14.1. The average molecular weight is 294 g/mol. The molecule has 6 heteroatoms. The number of nitrogens with zero attached hydrogens (tertiary/aromatic N) is 3. The van der Waals surface area contributed by atoms with E-state index in [9.17, 15) is 0 Å². The number of ether oxygens (including phenoxy) is 1. The van der Waals surface area contributed by atoms with E-state index in [1.807, 2.05) is 11.7 Å². The lowest BCUT2D eigenvalue weighted by Gasteiger charge is -2.06. The van der Waals surface area contributed by atoms with Crippen molar-refractivity contribution in [1.29, 1.82) is 0 Å². The van der Waals surface area contributed by atoms with Gasteiger partial charge in [0.2, 0.25) is 0 Å². The summed E-state index contributed by atoms with van der Waals surface area (Å²) >= 11 is 5.43. The zero-order valence-corrected chi connectivity index (χ0v) is 13.0. The van der Waals surface area contributed by atoms with Crippen molar-refractivity contribution in [3.05, 3.63) is 10.5 Å². The number of fused-ring (bicyclic) bond motifs is 1. The SMILES string of the molecule is CCc1nn(C)c2c1[nH]c(=S)n2CCCOCC1CC1. The maximum atomic E-state index is 5.68. The van der Waals surface area contributed by atoms with Crippen LogP contribution in [0, 0.1) is 10.7 Å². The van der Waals surface area contributed by atoms with Crippen molar-refractivity contribution in [2.75, 3.05) is 13.2 Å². The Hall–Kier alpha value is -1.14. The van der Waals surface area contributed by atoms with E-state index in [1.54, 1.807) is 0 Å². The summed E-state index contributed by atoms with van der Waals surface area (Å²) in [6, 6.07) is 0. The van der Waals surface area contributed by atoms with E-state index < -0.39 is 0 Å². The standard InChI is InChI=1S/C14H22N4OS/c1-3-11-12-13(17(2)16-11)18(14(20)15-12)7-4-8-19-9-10-5-6-10/h10H,3-9H2,1-2H3,(H,15,20). The summed E-state index contributed by atoms with van der Waals surface area (Å²) < 4.78 is 10.5. The van der Waals surface area contributed by atoms with E-state index >= 15 is 0 Å². The minimum absolute atomic E-state index is 0.782. The van der Waals surface area contributed by atoms with Gasteiger partial charge in [-0.05, 0) is 43.8 Å². The monoisotopic (exact) mass is 294 g/mol. The summed E-state index contributed by atoms with van der Waals surface area (Å²) in [4.78, 5) is 3.29. The molecule has 0 bridgehead atoms. The lowest BCUT2D eigenvalue weighted by Crippen LogP contribution is -2.07. The fourth-order valence-corrected chi connectivity index (χ4v) is 2.87. The number of hydrogen-bond donors (Lipinski definition) is 1. The van der Waals surface area contributed by atoms with Crippen LogP contribution in [-0.4, -0.2) is 32.5 Å². The molecule has 1 fully saturated rings. The fourth-order valence-electron chi connectivity index (χ4n) is 2.59. The number of aryl methyl sites for hydroxylation is 3. The Morgan fingerprint density at radius 2 is 2.25 bits per heavy atom. The van der Waals surface area contributed by atoms with E-state index in [4.69, 9.17) is 17.0 Å². The van der Waals surface area contributed by atoms with Gasteiger partial charge in [0.25, 0.3) is 0 Å². The third-order valence-corrected chi connectivity index (χ3v) is 4.20. The smallest absolute Gasteiger partial charge is 0.179 e. The predicted octanol–water partition coefficient (Wildman–Crippen LogP) is 2.81. The molecule has 2 aromatic heterocycles. The van der Waals surface area contributed by atoms with Gasteiger partial charge in [0.05, 0.1) is 5.69 Å². The molecule has 1 aliphatic rings. The van der Waals surface area contributed by atoms with Crippen LogP contribution in [0.25, 0.3) is 11.2 Å². The maximum Gasteiger partial charge on any atom is 0.179 e. The molecule has 20 heavy (non-hydrogen) atoms. The molecule has 0 atom stereocenters. The van der Waals surface area contributed by atoms with Gasteiger partial charge in [0.1, 0.15) is 5.52 Å². The lowest BCUT2D eigenvalue weighted by atomic mass is 10.3. The third-order valence-electron chi connectivity index (χ3n) is 3.88. The van der Waals surface area contributed by atoms with Gasteiger partial charge in [-0.1, -0.05) is 6.92 Å². The fraction of sp³-hybridized carbons (Fsp3) is 0.714. The van der Waals surface area contributed by atoms with Gasteiger partial charge in [-0.3, -0.25) is 4.68 Å². The second-order valence-electron chi connectivity index (χ2n) is 5.58. The molecule has 1 N–H and O–H groups in total. The maximum absolute atomic E-state index is 5.68. The third kappa shape index (κ3) is 2.67. The van der Waals surface area contributed by atoms with Crippen molar-refractivity contribution in [3.63, 3.8) is 0 Å². The molecule has 2 aromatic rings. The van der Waals surface area contributed by atoms with Crippen LogP contribution in [0.15, 0.2) is 0 Å². The van der Waals surface area contributed by atoms with E-state index in [-0.39, 0.29) is 0 Å². The molecule has 0 saturated heterocycles. The van der Waals surface area contributed by atoms with Gasteiger partial charge < -0.3 is 14.3 Å². The average Bonchev–Trinajstić information content (AvgIpc) is 3.12. The lowest BCUT2D eigenvalue weighted by molar-refractivity contribution is 0.119. The summed E-state index contributed by atoms with van der Waals surface area (Å²) in [5, 5.41) is 4.53. The van der Waals surface area contributed by atoms with Crippen molar-refractivity contribution in [3.8, 4) is 0 Å². The minimum Gasteiger partial charge on any atom is -0.381 e. The summed E-state index contributed by atoms with van der Waals surface area (Å²) in [6.45, 7) is 4.73. The molecule has 0 aromatic carbocycles. The number of imidazole rings is 1. The largest absolute Gasteiger partial charge is 0.381 e. The second-order valence-corrected chi connectivity index (χ2v) is 5.96. The van der Waals surface area contributed by atoms with Crippen LogP contribution in [0.5, 0.6) is 0 Å². The summed E-state index contributed by atoms with van der Waals surface area (Å²) in [7, 11) is 1.98. The Kier molecular flexibility index (Phi) is 3.94. The number of hydrogen-bond acceptors (Lipinski definition) is 3. The van der Waals surface area contributed by atoms with Crippen molar-refractivity contribution < 1.29 is 4.74 Å². The Labute approximate surface area is 123 Å². The van der Waals surface area contributed by atoms with Gasteiger partial charge in [-0.15, -0.1) is 0 Å². The van der Waals surface area contributed by atoms with E-state index in [0.717, 1.165) is 60.1 Å². The first-order valence-corrected chi connectivity index (χ1v) is 7.83. The summed E-state index contributed by atoms with van der Waals surface area (Å²) in [6.07, 6.45) is 4.59. The molecule has 3 rings (SSSR count). The van der Waals surface area contributed by atoms with Crippen LogP contribution in [0.2, 0.25) is 0 Å². The molecule has 110 valence electrons. The van der Waals surface area contributed by atoms with Crippen LogP contribution in [0.4, 0.5) is 0 Å². The minimum atomic E-state index is 0.782. The van der Waals surface area contributed by atoms with Crippen molar-refractivity contribution >= 4 is 23.4 Å². The number of nitrogens with one attached hydrogen (secondary N) is 1. The molecule has 1 saturated carbocycles. The van der Waals surface area contributed by atoms with Crippen LogP contribution >= 0.6 is 12.2 Å². The van der Waals surface area contributed by atoms with Crippen molar-refractivity contribution in [2.45, 2.75) is 39.2 Å². The molecule has 2 heterocycles. The predicted molar refractivity (Wildman–Crippen MR) is 81.4 cm³/mol. The molecular weight excluding hydrogens is 272 g/mol. The van der Waals surface area contributed by atoms with E-state index in [0.29, 0.717) is 0 Å². The van der Waals surface area contributed by atoms with Gasteiger partial charge in [-0.25, -0.2) is 0 Å². The van der Waals surface area contributed by atoms with Crippen molar-refractivity contribution in [2.24, 2.45) is 13.0 Å². The highest BCUT2D eigenvalue weighted by Gasteiger charge is 2.21. The van der Waals surface area contributed by atoms with Crippen LogP contribution in [0.1, 0.15) is 31.9 Å². The highest BCUT2D eigenvalue weighted by molar-refractivity contribution is 7.71. The van der Waals surface area contributed by atoms with E-state index in [1.165, 1.54) is 12.8 Å². The first-order chi connectivity index (χ1) is 9.70. The Morgan fingerprint density at radius 1 is 1.45 bits per heavy atom. The van der Waals surface area contributed by atoms with Crippen LogP contribution in [-0.2, 0) is 24.8 Å². The normalized spacial score (nSPS) is 15.3. The quantitative estimate of drug-likeness (QED) is 0.631. The number of rotatable bonds is 7. The first-order valence-electron chi connectivity index (χ1n) is 7.42. The number of H-pyrrole nitrogens is 1. The highest BCUT2D eigenvalue weighted by Crippen LogP contribution is 2.28. The summed E-state index contributed by atoms with van der Waals surface area (Å²) in [5.41, 5.74) is 3.25. The van der Waals surface area contributed by atoms with Crippen LogP contribution in [0.3, 0.4) is 0 Å². The van der Waals surface area contributed by atoms with Gasteiger partial charge >= 0.3 is 0 Å².